The smallest absolute Gasteiger partial charge is 0.302 e. The molecule has 0 amide bonds. The lowest BCUT2D eigenvalue weighted by atomic mass is 9.44. The van der Waals surface area contributed by atoms with Gasteiger partial charge >= 0.3 is 5.97 Å². The Morgan fingerprint density at radius 3 is 2.23 bits per heavy atom. The molecule has 0 spiro atoms. The number of hydrogen-bond donors (Lipinski definition) is 1. The van der Waals surface area contributed by atoms with Crippen molar-refractivity contribution in [2.45, 2.75) is 117 Å². The van der Waals surface area contributed by atoms with Crippen molar-refractivity contribution in [2.75, 3.05) is 0 Å². The summed E-state index contributed by atoms with van der Waals surface area (Å²) >= 11 is 0. The van der Waals surface area contributed by atoms with Crippen molar-refractivity contribution < 1.29 is 32.0 Å². The number of benzene rings is 1. The molecule has 0 aliphatic heterocycles. The third-order valence-electron chi connectivity index (χ3n) is 11.6. The lowest BCUT2D eigenvalue weighted by molar-refractivity contribution is -0.186. The Bertz CT molecular complexity index is 1280. The van der Waals surface area contributed by atoms with Crippen molar-refractivity contribution >= 4 is 21.9 Å². The Morgan fingerprint density at radius 2 is 1.62 bits per heavy atom. The Morgan fingerprint density at radius 1 is 0.975 bits per heavy atom. The number of fused-ring (bicyclic) bond motifs is 5. The van der Waals surface area contributed by atoms with Crippen molar-refractivity contribution in [3.8, 4) is 0 Å². The number of ether oxygens (including phenoxy) is 1. The highest BCUT2D eigenvalue weighted by molar-refractivity contribution is 7.86. The van der Waals surface area contributed by atoms with Gasteiger partial charge < -0.3 is 9.84 Å². The van der Waals surface area contributed by atoms with Gasteiger partial charge in [-0.2, -0.15) is 8.42 Å². The summed E-state index contributed by atoms with van der Waals surface area (Å²) in [5.74, 6) is -0.274. The van der Waals surface area contributed by atoms with Crippen LogP contribution in [-0.2, 0) is 28.6 Å². The van der Waals surface area contributed by atoms with Crippen LogP contribution in [0.5, 0.6) is 0 Å². The first kappa shape index (κ1) is 29.7. The summed E-state index contributed by atoms with van der Waals surface area (Å²) in [7, 11) is -4.10. The van der Waals surface area contributed by atoms with E-state index in [9.17, 15) is 23.1 Å². The lowest BCUT2D eigenvalue weighted by Gasteiger charge is -2.62. The highest BCUT2D eigenvalue weighted by Gasteiger charge is 2.67. The number of carbonyl (C=O) groups is 2. The highest BCUT2D eigenvalue weighted by Crippen LogP contribution is 2.68. The van der Waals surface area contributed by atoms with E-state index in [1.807, 2.05) is 26.0 Å². The molecule has 0 heterocycles. The predicted octanol–water partition coefficient (Wildman–Crippen LogP) is 5.45. The molecule has 40 heavy (non-hydrogen) atoms. The van der Waals surface area contributed by atoms with E-state index in [0.717, 1.165) is 37.7 Å². The third-order valence-corrected chi connectivity index (χ3v) is 13.3. The first-order valence-electron chi connectivity index (χ1n) is 15.0. The number of esters is 1. The van der Waals surface area contributed by atoms with Crippen molar-refractivity contribution in [2.24, 2.45) is 40.4 Å². The molecule has 0 saturated heterocycles. The Balaban J connectivity index is 1.51. The van der Waals surface area contributed by atoms with Gasteiger partial charge in [0.25, 0.3) is 10.1 Å². The Kier molecular flexibility index (Phi) is 7.57. The molecule has 4 aliphatic carbocycles. The summed E-state index contributed by atoms with van der Waals surface area (Å²) in [6.07, 6.45) is 3.79. The molecule has 1 aromatic rings. The molecular weight excluding hydrogens is 528 g/mol. The Labute approximate surface area is 239 Å². The van der Waals surface area contributed by atoms with Crippen molar-refractivity contribution in [1.82, 2.24) is 0 Å². The zero-order valence-corrected chi connectivity index (χ0v) is 25.8. The van der Waals surface area contributed by atoms with Crippen LogP contribution in [0.25, 0.3) is 0 Å². The van der Waals surface area contributed by atoms with E-state index in [0.29, 0.717) is 29.9 Å². The predicted molar refractivity (Wildman–Crippen MR) is 151 cm³/mol. The van der Waals surface area contributed by atoms with E-state index in [-0.39, 0.29) is 45.9 Å². The molecule has 0 radical (unpaired) electrons. The summed E-state index contributed by atoms with van der Waals surface area (Å²) in [6, 6.07) is 3.71. The number of Topliss-reactive ketones (excluding diaryl/α,β-unsaturated/α-hetero) is 1. The monoisotopic (exact) mass is 574 g/mol. The van der Waals surface area contributed by atoms with Gasteiger partial charge in [0.15, 0.2) is 0 Å². The molecule has 1 N–H and O–H groups in total. The van der Waals surface area contributed by atoms with E-state index in [2.05, 4.69) is 6.92 Å². The van der Waals surface area contributed by atoms with Gasteiger partial charge in [0, 0.05) is 18.3 Å². The van der Waals surface area contributed by atoms with Crippen LogP contribution < -0.4 is 0 Å². The number of aryl methyl sites for hydroxylation is 3. The van der Waals surface area contributed by atoms with E-state index in [1.54, 1.807) is 20.8 Å². The SMILES string of the molecule is CC(=O)O[C@H]1CC[C@@]2(C)[C@H](CC[C@H]3[C@@H]4[C@@H](OS(=O)(=O)c5c(C)cc(C)cc5C)C[C@H](C(C)=O)[C@@]4(C)[C@H](O)C[C@@H]32)C1. The number of hydrogen-bond acceptors (Lipinski definition) is 7. The van der Waals surface area contributed by atoms with Crippen LogP contribution in [0.3, 0.4) is 0 Å². The topological polar surface area (TPSA) is 107 Å². The molecule has 0 unspecified atom stereocenters. The Hall–Kier alpha value is -1.77. The molecule has 4 aliphatic rings. The summed E-state index contributed by atoms with van der Waals surface area (Å²) in [4.78, 5) is 24.8. The largest absolute Gasteiger partial charge is 0.463 e. The van der Waals surface area contributed by atoms with Crippen LogP contribution in [0.2, 0.25) is 0 Å². The van der Waals surface area contributed by atoms with Crippen LogP contribution in [0.15, 0.2) is 17.0 Å². The minimum absolute atomic E-state index is 0.0158. The fraction of sp³-hybridized carbons (Fsp3) is 0.750. The van der Waals surface area contributed by atoms with E-state index >= 15 is 0 Å². The minimum Gasteiger partial charge on any atom is -0.463 e. The van der Waals surface area contributed by atoms with Crippen molar-refractivity contribution in [1.29, 1.82) is 0 Å². The van der Waals surface area contributed by atoms with E-state index in [1.165, 1.54) is 6.92 Å². The second-order valence-corrected chi connectivity index (χ2v) is 15.4. The van der Waals surface area contributed by atoms with Crippen molar-refractivity contribution in [3.63, 3.8) is 0 Å². The molecule has 0 bridgehead atoms. The van der Waals surface area contributed by atoms with Crippen LogP contribution in [0.1, 0.15) is 89.3 Å². The number of aliphatic hydroxyl groups is 1. The zero-order valence-electron chi connectivity index (χ0n) is 25.0. The molecule has 8 heteroatoms. The average Bonchev–Trinajstić information content (AvgIpc) is 3.12. The quantitative estimate of drug-likeness (QED) is 0.368. The lowest BCUT2D eigenvalue weighted by Crippen LogP contribution is -2.60. The summed E-state index contributed by atoms with van der Waals surface area (Å²) in [5.41, 5.74) is 1.50. The normalized spacial score (nSPS) is 41.0. The van der Waals surface area contributed by atoms with Gasteiger partial charge in [0.1, 0.15) is 11.9 Å². The molecule has 5 rings (SSSR count). The van der Waals surface area contributed by atoms with Crippen molar-refractivity contribution in [3.05, 3.63) is 28.8 Å². The first-order chi connectivity index (χ1) is 18.6. The summed E-state index contributed by atoms with van der Waals surface area (Å²) < 4.78 is 39.5. The van der Waals surface area contributed by atoms with Gasteiger partial charge in [0.2, 0.25) is 0 Å². The van der Waals surface area contributed by atoms with Gasteiger partial charge in [-0.05, 0) is 113 Å². The molecule has 222 valence electrons. The first-order valence-corrected chi connectivity index (χ1v) is 16.4. The zero-order chi connectivity index (χ0) is 29.4. The van der Waals surface area contributed by atoms with Gasteiger partial charge in [-0.25, -0.2) is 0 Å². The maximum atomic E-state index is 13.8. The van der Waals surface area contributed by atoms with Crippen LogP contribution in [0, 0.1) is 61.2 Å². The second-order valence-electron chi connectivity index (χ2n) is 13.9. The van der Waals surface area contributed by atoms with Crippen LogP contribution in [-0.4, -0.2) is 43.6 Å². The standard InChI is InChI=1S/C32H46O7S/c1-17-12-18(2)30(19(3)13-17)40(36,37)39-27-15-25(20(4)33)32(7)28(35)16-26-24(29(27)32)9-8-22-14-23(38-21(5)34)10-11-31(22,26)6/h12-13,22-29,35H,8-11,14-16H2,1-7H3/t22-,23+,24-,25-,26+,27+,28-,29-,31+,32+/m1/s1. The van der Waals surface area contributed by atoms with Gasteiger partial charge in [-0.3, -0.25) is 13.8 Å². The number of carbonyl (C=O) groups excluding carboxylic acids is 2. The van der Waals surface area contributed by atoms with Gasteiger partial charge in [-0.1, -0.05) is 31.5 Å². The maximum absolute atomic E-state index is 13.8. The number of ketones is 1. The molecule has 4 saturated carbocycles. The third kappa shape index (κ3) is 4.66. The molecule has 10 atom stereocenters. The van der Waals surface area contributed by atoms with Gasteiger partial charge in [-0.15, -0.1) is 0 Å². The summed E-state index contributed by atoms with van der Waals surface area (Å²) in [6.45, 7) is 12.9. The molecule has 0 aromatic heterocycles. The minimum atomic E-state index is -4.10. The summed E-state index contributed by atoms with van der Waals surface area (Å²) in [5, 5.41) is 11.8. The molecule has 4 fully saturated rings. The fourth-order valence-electron chi connectivity index (χ4n) is 10.0. The number of rotatable bonds is 5. The van der Waals surface area contributed by atoms with Crippen LogP contribution in [0.4, 0.5) is 0 Å². The number of aliphatic hydroxyl groups excluding tert-OH is 1. The van der Waals surface area contributed by atoms with E-state index in [4.69, 9.17) is 8.92 Å². The average molecular weight is 575 g/mol. The van der Waals surface area contributed by atoms with E-state index < -0.39 is 33.7 Å². The molecule has 1 aromatic carbocycles. The maximum Gasteiger partial charge on any atom is 0.302 e. The molecular formula is C32H46O7S. The second kappa shape index (κ2) is 10.2. The van der Waals surface area contributed by atoms with Gasteiger partial charge in [0.05, 0.1) is 17.1 Å². The fourth-order valence-corrected chi connectivity index (χ4v) is 11.6. The van der Waals surface area contributed by atoms with Crippen LogP contribution >= 0.6 is 0 Å². The highest BCUT2D eigenvalue weighted by atomic mass is 32.2. The molecule has 7 nitrogen and oxygen atoms in total.